The molecule has 0 N–H and O–H groups in total. The number of carbonyl (C=O) groups excluding carboxylic acids is 2. The van der Waals surface area contributed by atoms with E-state index in [1.807, 2.05) is 0 Å². The molecule has 0 unspecified atom stereocenters. The molecule has 0 atom stereocenters. The van der Waals surface area contributed by atoms with Crippen LogP contribution in [0.3, 0.4) is 0 Å². The molecule has 4 heteroatoms. The van der Waals surface area contributed by atoms with E-state index in [-0.39, 0.29) is 12.2 Å². The molecule has 1 aromatic carbocycles. The van der Waals surface area contributed by atoms with Crippen LogP contribution in [0, 0.1) is 12.7 Å². The fourth-order valence-electron chi connectivity index (χ4n) is 1.18. The van der Waals surface area contributed by atoms with Crippen LogP contribution >= 0.6 is 0 Å². The number of esters is 1. The normalized spacial score (nSPS) is 9.80. The van der Waals surface area contributed by atoms with Gasteiger partial charge in [-0.3, -0.25) is 4.79 Å². The molecular formula is C11H11FO3. The van der Waals surface area contributed by atoms with Crippen LogP contribution in [-0.2, 0) is 9.53 Å². The topological polar surface area (TPSA) is 43.4 Å². The minimum atomic E-state index is -0.956. The lowest BCUT2D eigenvalue weighted by molar-refractivity contribution is -0.137. The average Bonchev–Trinajstić information content (AvgIpc) is 2.15. The summed E-state index contributed by atoms with van der Waals surface area (Å²) in [5, 5.41) is 0. The van der Waals surface area contributed by atoms with Gasteiger partial charge in [0, 0.05) is 5.56 Å². The lowest BCUT2D eigenvalue weighted by Crippen LogP contribution is -2.17. The van der Waals surface area contributed by atoms with Crippen LogP contribution in [0.15, 0.2) is 18.2 Å². The molecule has 80 valence electrons. The number of carbonyl (C=O) groups is 2. The van der Waals surface area contributed by atoms with Crippen molar-refractivity contribution in [2.24, 2.45) is 0 Å². The quantitative estimate of drug-likeness (QED) is 0.434. The molecule has 0 radical (unpaired) electrons. The number of Topliss-reactive ketones (excluding diaryl/α,β-unsaturated/α-hetero) is 1. The lowest BCUT2D eigenvalue weighted by atomic mass is 10.1. The molecule has 0 aliphatic rings. The van der Waals surface area contributed by atoms with E-state index in [0.29, 0.717) is 5.56 Å². The molecule has 0 aromatic heterocycles. The molecule has 0 saturated heterocycles. The fourth-order valence-corrected chi connectivity index (χ4v) is 1.18. The molecule has 1 aromatic rings. The Kier molecular flexibility index (Phi) is 3.55. The number of rotatable bonds is 3. The van der Waals surface area contributed by atoms with Gasteiger partial charge in [0.05, 0.1) is 6.61 Å². The summed E-state index contributed by atoms with van der Waals surface area (Å²) in [6.45, 7) is 3.37. The van der Waals surface area contributed by atoms with Gasteiger partial charge >= 0.3 is 5.97 Å². The van der Waals surface area contributed by atoms with E-state index in [2.05, 4.69) is 4.74 Å². The number of hydrogen-bond acceptors (Lipinski definition) is 3. The molecule has 0 fully saturated rings. The summed E-state index contributed by atoms with van der Waals surface area (Å²) in [5.74, 6) is -2.32. The summed E-state index contributed by atoms with van der Waals surface area (Å²) < 4.78 is 17.5. The molecule has 0 aliphatic heterocycles. The van der Waals surface area contributed by atoms with Crippen molar-refractivity contribution >= 4 is 11.8 Å². The van der Waals surface area contributed by atoms with Gasteiger partial charge in [-0.25, -0.2) is 9.18 Å². The number of hydrogen-bond donors (Lipinski definition) is 0. The third kappa shape index (κ3) is 2.87. The van der Waals surface area contributed by atoms with Gasteiger partial charge in [0.1, 0.15) is 5.82 Å². The molecule has 0 spiro atoms. The monoisotopic (exact) mass is 210 g/mol. The molecule has 3 nitrogen and oxygen atoms in total. The molecular weight excluding hydrogens is 199 g/mol. The van der Waals surface area contributed by atoms with Gasteiger partial charge < -0.3 is 4.74 Å². The number of benzene rings is 1. The number of aryl methyl sites for hydroxylation is 1. The Labute approximate surface area is 86.9 Å². The Hall–Kier alpha value is -1.71. The van der Waals surface area contributed by atoms with Crippen LogP contribution in [0.5, 0.6) is 0 Å². The highest BCUT2D eigenvalue weighted by molar-refractivity contribution is 6.40. The maximum absolute atomic E-state index is 12.9. The Balaban J connectivity index is 2.96. The van der Waals surface area contributed by atoms with E-state index in [1.54, 1.807) is 13.8 Å². The maximum atomic E-state index is 12.9. The molecule has 0 bridgehead atoms. The second-order valence-corrected chi connectivity index (χ2v) is 3.07. The van der Waals surface area contributed by atoms with Crippen molar-refractivity contribution in [3.63, 3.8) is 0 Å². The minimum Gasteiger partial charge on any atom is -0.460 e. The van der Waals surface area contributed by atoms with E-state index < -0.39 is 17.6 Å². The van der Waals surface area contributed by atoms with Gasteiger partial charge in [-0.2, -0.15) is 0 Å². The van der Waals surface area contributed by atoms with E-state index >= 15 is 0 Å². The summed E-state index contributed by atoms with van der Waals surface area (Å²) in [6, 6.07) is 3.75. The zero-order valence-corrected chi connectivity index (χ0v) is 8.54. The van der Waals surface area contributed by atoms with Crippen molar-refractivity contribution in [1.82, 2.24) is 0 Å². The number of ketones is 1. The first-order valence-electron chi connectivity index (χ1n) is 4.53. The average molecular weight is 210 g/mol. The van der Waals surface area contributed by atoms with Crippen LogP contribution in [0.2, 0.25) is 0 Å². The molecule has 0 amide bonds. The van der Waals surface area contributed by atoms with Gasteiger partial charge in [0.15, 0.2) is 0 Å². The summed E-state index contributed by atoms with van der Waals surface area (Å²) in [5.41, 5.74) is 0.605. The minimum absolute atomic E-state index is 0.0194. The Morgan fingerprint density at radius 2 is 2.00 bits per heavy atom. The molecule has 1 rings (SSSR count). The van der Waals surface area contributed by atoms with Crippen LogP contribution in [0.1, 0.15) is 22.8 Å². The maximum Gasteiger partial charge on any atom is 0.379 e. The highest BCUT2D eigenvalue weighted by atomic mass is 19.1. The third-order valence-electron chi connectivity index (χ3n) is 1.77. The van der Waals surface area contributed by atoms with E-state index in [4.69, 9.17) is 0 Å². The Morgan fingerprint density at radius 1 is 1.33 bits per heavy atom. The number of halogens is 1. The highest BCUT2D eigenvalue weighted by Gasteiger charge is 2.18. The smallest absolute Gasteiger partial charge is 0.379 e. The third-order valence-corrected chi connectivity index (χ3v) is 1.77. The van der Waals surface area contributed by atoms with Crippen molar-refractivity contribution in [2.45, 2.75) is 13.8 Å². The van der Waals surface area contributed by atoms with Gasteiger partial charge in [-0.05, 0) is 37.6 Å². The van der Waals surface area contributed by atoms with Crippen LogP contribution in [-0.4, -0.2) is 18.4 Å². The van der Waals surface area contributed by atoms with E-state index in [0.717, 1.165) is 6.07 Å². The van der Waals surface area contributed by atoms with Crippen LogP contribution in [0.4, 0.5) is 4.39 Å². The summed E-state index contributed by atoms with van der Waals surface area (Å²) in [6.07, 6.45) is 0. The second-order valence-electron chi connectivity index (χ2n) is 3.07. The molecule has 0 saturated carbocycles. The molecule has 0 heterocycles. The fraction of sp³-hybridized carbons (Fsp3) is 0.273. The zero-order valence-electron chi connectivity index (χ0n) is 8.54. The van der Waals surface area contributed by atoms with Crippen molar-refractivity contribution in [1.29, 1.82) is 0 Å². The first kappa shape index (κ1) is 11.4. The highest BCUT2D eigenvalue weighted by Crippen LogP contribution is 2.09. The van der Waals surface area contributed by atoms with Gasteiger partial charge in [-0.1, -0.05) is 0 Å². The number of ether oxygens (including phenoxy) is 1. The van der Waals surface area contributed by atoms with Crippen LogP contribution in [0.25, 0.3) is 0 Å². The predicted molar refractivity (Wildman–Crippen MR) is 52.1 cm³/mol. The van der Waals surface area contributed by atoms with Crippen LogP contribution < -0.4 is 0 Å². The van der Waals surface area contributed by atoms with E-state index in [9.17, 15) is 14.0 Å². The standard InChI is InChI=1S/C11H11FO3/c1-3-15-11(14)10(13)8-4-7(2)5-9(12)6-8/h4-6H,3H2,1-2H3. The summed E-state index contributed by atoms with van der Waals surface area (Å²) in [4.78, 5) is 22.5. The first-order valence-corrected chi connectivity index (χ1v) is 4.53. The Bertz CT molecular complexity index is 379. The van der Waals surface area contributed by atoms with Gasteiger partial charge in [-0.15, -0.1) is 0 Å². The van der Waals surface area contributed by atoms with Gasteiger partial charge in [0.25, 0.3) is 5.78 Å². The van der Waals surface area contributed by atoms with Crippen molar-refractivity contribution in [3.05, 3.63) is 35.1 Å². The second kappa shape index (κ2) is 4.68. The van der Waals surface area contributed by atoms with Crippen molar-refractivity contribution < 1.29 is 18.7 Å². The zero-order chi connectivity index (χ0) is 11.4. The van der Waals surface area contributed by atoms with Crippen molar-refractivity contribution in [2.75, 3.05) is 6.61 Å². The summed E-state index contributed by atoms with van der Waals surface area (Å²) in [7, 11) is 0. The SMILES string of the molecule is CCOC(=O)C(=O)c1cc(C)cc(F)c1. The molecule has 0 aliphatic carbocycles. The largest absolute Gasteiger partial charge is 0.460 e. The summed E-state index contributed by atoms with van der Waals surface area (Å²) >= 11 is 0. The predicted octanol–water partition coefficient (Wildman–Crippen LogP) is 1.88. The Morgan fingerprint density at radius 3 is 2.53 bits per heavy atom. The van der Waals surface area contributed by atoms with Gasteiger partial charge in [0.2, 0.25) is 0 Å². The first-order chi connectivity index (χ1) is 7.04. The van der Waals surface area contributed by atoms with Crippen molar-refractivity contribution in [3.8, 4) is 0 Å². The lowest BCUT2D eigenvalue weighted by Gasteiger charge is -2.02. The van der Waals surface area contributed by atoms with E-state index in [1.165, 1.54) is 12.1 Å². The molecule has 15 heavy (non-hydrogen) atoms.